The Morgan fingerprint density at radius 1 is 1.43 bits per heavy atom. The third-order valence-corrected chi connectivity index (χ3v) is 9.45. The number of sulfonamides is 1. The minimum absolute atomic E-state index is 0.355. The van der Waals surface area contributed by atoms with Crippen LogP contribution in [0.1, 0.15) is 11.8 Å². The van der Waals surface area contributed by atoms with Crippen LogP contribution < -0.4 is 10.0 Å². The Balaban J connectivity index is 1.99. The van der Waals surface area contributed by atoms with E-state index >= 15 is 0 Å². The maximum Gasteiger partial charge on any atom is 0.242 e. The van der Waals surface area contributed by atoms with Crippen molar-refractivity contribution in [3.63, 3.8) is 0 Å². The number of rotatable bonds is 7. The largest absolute Gasteiger partial charge is 0.312 e. The van der Waals surface area contributed by atoms with Gasteiger partial charge in [-0.05, 0) is 28.5 Å². The zero-order chi connectivity index (χ0) is 15.3. The molecule has 0 spiro atoms. The SMILES string of the molecule is CCNCc1cc(S(=O)(=O)NCC2CSCCS2)c(Br)s1. The number of halogens is 1. The first-order chi connectivity index (χ1) is 10.0. The molecule has 0 bridgehead atoms. The van der Waals surface area contributed by atoms with Crippen molar-refractivity contribution in [3.8, 4) is 0 Å². The molecule has 2 rings (SSSR count). The first kappa shape index (κ1) is 18.1. The second-order valence-electron chi connectivity index (χ2n) is 4.55. The van der Waals surface area contributed by atoms with Crippen molar-refractivity contribution in [1.82, 2.24) is 10.0 Å². The van der Waals surface area contributed by atoms with Crippen molar-refractivity contribution in [3.05, 3.63) is 14.7 Å². The van der Waals surface area contributed by atoms with Gasteiger partial charge in [0.1, 0.15) is 4.90 Å². The van der Waals surface area contributed by atoms with Gasteiger partial charge in [-0.3, -0.25) is 0 Å². The van der Waals surface area contributed by atoms with Crippen LogP contribution in [0.5, 0.6) is 0 Å². The van der Waals surface area contributed by atoms with Gasteiger partial charge in [-0.2, -0.15) is 23.5 Å². The Morgan fingerprint density at radius 2 is 2.24 bits per heavy atom. The molecular weight excluding hydrogens is 412 g/mol. The van der Waals surface area contributed by atoms with Gasteiger partial charge in [0.25, 0.3) is 0 Å². The van der Waals surface area contributed by atoms with Crippen LogP contribution in [0.15, 0.2) is 14.7 Å². The lowest BCUT2D eigenvalue weighted by Crippen LogP contribution is -2.33. The van der Waals surface area contributed by atoms with Crippen LogP contribution in [-0.4, -0.2) is 44.0 Å². The van der Waals surface area contributed by atoms with E-state index in [1.165, 1.54) is 11.3 Å². The third kappa shape index (κ3) is 5.40. The van der Waals surface area contributed by atoms with Crippen molar-refractivity contribution in [1.29, 1.82) is 0 Å². The van der Waals surface area contributed by atoms with E-state index in [1.807, 2.05) is 30.4 Å². The first-order valence-electron chi connectivity index (χ1n) is 6.71. The highest BCUT2D eigenvalue weighted by Crippen LogP contribution is 2.32. The average molecular weight is 431 g/mol. The maximum absolute atomic E-state index is 12.4. The zero-order valence-corrected chi connectivity index (χ0v) is 16.6. The summed E-state index contributed by atoms with van der Waals surface area (Å²) in [6.45, 7) is 4.10. The molecule has 120 valence electrons. The van der Waals surface area contributed by atoms with E-state index in [9.17, 15) is 8.42 Å². The molecule has 9 heteroatoms. The van der Waals surface area contributed by atoms with E-state index in [0.717, 1.165) is 28.7 Å². The lowest BCUT2D eigenvalue weighted by Gasteiger charge is -2.20. The minimum atomic E-state index is -3.43. The summed E-state index contributed by atoms with van der Waals surface area (Å²) in [5, 5.41) is 3.58. The lowest BCUT2D eigenvalue weighted by atomic mass is 10.4. The molecule has 2 N–H and O–H groups in total. The summed E-state index contributed by atoms with van der Waals surface area (Å²) in [6, 6.07) is 1.75. The summed E-state index contributed by atoms with van der Waals surface area (Å²) in [5.74, 6) is 3.29. The predicted octanol–water partition coefficient (Wildman–Crippen LogP) is 2.75. The van der Waals surface area contributed by atoms with E-state index in [0.29, 0.717) is 27.0 Å². The summed E-state index contributed by atoms with van der Waals surface area (Å²) >= 11 is 8.59. The third-order valence-electron chi connectivity index (χ3n) is 2.93. The molecule has 21 heavy (non-hydrogen) atoms. The van der Waals surface area contributed by atoms with Gasteiger partial charge in [0.15, 0.2) is 0 Å². The molecule has 1 aromatic rings. The van der Waals surface area contributed by atoms with Gasteiger partial charge in [0.2, 0.25) is 10.0 Å². The molecule has 1 aliphatic rings. The van der Waals surface area contributed by atoms with Gasteiger partial charge >= 0.3 is 0 Å². The van der Waals surface area contributed by atoms with Crippen LogP contribution >= 0.6 is 50.8 Å². The maximum atomic E-state index is 12.4. The Kier molecular flexibility index (Phi) is 7.38. The molecule has 1 unspecified atom stereocenters. The first-order valence-corrected chi connectivity index (χ1v) is 12.0. The van der Waals surface area contributed by atoms with E-state index in [1.54, 1.807) is 6.07 Å². The Bertz CT molecular complexity index is 556. The van der Waals surface area contributed by atoms with Crippen LogP contribution in [0.25, 0.3) is 0 Å². The number of nitrogens with one attached hydrogen (secondary N) is 2. The van der Waals surface area contributed by atoms with Crippen molar-refractivity contribution in [2.24, 2.45) is 0 Å². The van der Waals surface area contributed by atoms with Crippen molar-refractivity contribution in [2.75, 3.05) is 30.3 Å². The van der Waals surface area contributed by atoms with Crippen molar-refractivity contribution >= 4 is 60.8 Å². The van der Waals surface area contributed by atoms with Crippen LogP contribution in [0.3, 0.4) is 0 Å². The molecule has 1 fully saturated rings. The highest BCUT2D eigenvalue weighted by atomic mass is 79.9. The van der Waals surface area contributed by atoms with Gasteiger partial charge in [-0.1, -0.05) is 6.92 Å². The van der Waals surface area contributed by atoms with Crippen molar-refractivity contribution < 1.29 is 8.42 Å². The zero-order valence-electron chi connectivity index (χ0n) is 11.7. The molecule has 2 heterocycles. The van der Waals surface area contributed by atoms with E-state index in [2.05, 4.69) is 26.0 Å². The molecule has 1 saturated heterocycles. The molecule has 0 saturated carbocycles. The normalized spacial score (nSPS) is 19.8. The highest BCUT2D eigenvalue weighted by Gasteiger charge is 2.23. The smallest absolute Gasteiger partial charge is 0.242 e. The fourth-order valence-corrected chi connectivity index (χ4v) is 8.30. The molecular formula is C12H19BrN2O2S4. The lowest BCUT2D eigenvalue weighted by molar-refractivity contribution is 0.581. The number of thioether (sulfide) groups is 2. The van der Waals surface area contributed by atoms with Gasteiger partial charge in [-0.15, -0.1) is 11.3 Å². The van der Waals surface area contributed by atoms with Crippen LogP contribution in [0.4, 0.5) is 0 Å². The monoisotopic (exact) mass is 430 g/mol. The fourth-order valence-electron chi connectivity index (χ4n) is 1.85. The van der Waals surface area contributed by atoms with Crippen LogP contribution in [0, 0.1) is 0 Å². The summed E-state index contributed by atoms with van der Waals surface area (Å²) in [4.78, 5) is 1.38. The Labute approximate surface area is 147 Å². The number of hydrogen-bond donors (Lipinski definition) is 2. The fraction of sp³-hybridized carbons (Fsp3) is 0.667. The molecule has 1 aliphatic heterocycles. The topological polar surface area (TPSA) is 58.2 Å². The quantitative estimate of drug-likeness (QED) is 0.696. The van der Waals surface area contributed by atoms with E-state index < -0.39 is 10.0 Å². The molecule has 0 aromatic carbocycles. The second-order valence-corrected chi connectivity index (χ2v) is 11.3. The number of hydrogen-bond acceptors (Lipinski definition) is 6. The summed E-state index contributed by atoms with van der Waals surface area (Å²) in [7, 11) is -3.43. The minimum Gasteiger partial charge on any atom is -0.312 e. The average Bonchev–Trinajstić information content (AvgIpc) is 2.86. The van der Waals surface area contributed by atoms with Crippen LogP contribution in [0.2, 0.25) is 0 Å². The Hall–Kier alpha value is 0.750. The van der Waals surface area contributed by atoms with Gasteiger partial charge < -0.3 is 5.32 Å². The molecule has 1 atom stereocenters. The van der Waals surface area contributed by atoms with E-state index in [4.69, 9.17) is 0 Å². The molecule has 1 aromatic heterocycles. The highest BCUT2D eigenvalue weighted by molar-refractivity contribution is 9.11. The van der Waals surface area contributed by atoms with Gasteiger partial charge in [-0.25, -0.2) is 13.1 Å². The predicted molar refractivity (Wildman–Crippen MR) is 98.2 cm³/mol. The standard InChI is InChI=1S/C12H19BrN2O2S4/c1-2-14-6-9-5-11(12(13)20-9)21(16,17)15-7-10-8-18-3-4-19-10/h5,10,14-15H,2-4,6-8H2,1H3. The van der Waals surface area contributed by atoms with Crippen molar-refractivity contribution in [2.45, 2.75) is 23.6 Å². The summed E-state index contributed by atoms with van der Waals surface area (Å²) in [5.41, 5.74) is 0. The van der Waals surface area contributed by atoms with Crippen LogP contribution in [-0.2, 0) is 16.6 Å². The molecule has 4 nitrogen and oxygen atoms in total. The summed E-state index contributed by atoms with van der Waals surface area (Å²) < 4.78 is 28.2. The molecule has 0 amide bonds. The molecule has 0 radical (unpaired) electrons. The second kappa shape index (κ2) is 8.56. The summed E-state index contributed by atoms with van der Waals surface area (Å²) in [6.07, 6.45) is 0. The van der Waals surface area contributed by atoms with E-state index in [-0.39, 0.29) is 0 Å². The number of thiophene rings is 1. The van der Waals surface area contributed by atoms with Gasteiger partial charge in [0.05, 0.1) is 3.79 Å². The Morgan fingerprint density at radius 3 is 2.90 bits per heavy atom. The van der Waals surface area contributed by atoms with Gasteiger partial charge in [0, 0.05) is 40.5 Å². The molecule has 0 aliphatic carbocycles.